The predicted octanol–water partition coefficient (Wildman–Crippen LogP) is 3.72. The van der Waals surface area contributed by atoms with E-state index in [-0.39, 0.29) is 17.3 Å². The first-order valence-corrected chi connectivity index (χ1v) is 8.31. The van der Waals surface area contributed by atoms with Crippen molar-refractivity contribution < 1.29 is 19.4 Å². The Morgan fingerprint density at radius 2 is 2.08 bits per heavy atom. The number of phenolic OH excluding ortho intramolecular Hbond substituents is 1. The Morgan fingerprint density at radius 1 is 1.36 bits per heavy atom. The van der Waals surface area contributed by atoms with Crippen molar-refractivity contribution in [2.24, 2.45) is 11.3 Å². The lowest BCUT2D eigenvalue weighted by molar-refractivity contribution is -0.137. The third kappa shape index (κ3) is 2.44. The molecule has 0 fully saturated rings. The molecule has 0 saturated heterocycles. The van der Waals surface area contributed by atoms with Crippen LogP contribution in [0.4, 0.5) is 0 Å². The molecule has 1 aromatic rings. The van der Waals surface area contributed by atoms with Crippen LogP contribution in [0.1, 0.15) is 31.7 Å². The van der Waals surface area contributed by atoms with Gasteiger partial charge in [0.1, 0.15) is 11.5 Å². The average Bonchev–Trinajstić information content (AvgIpc) is 2.60. The summed E-state index contributed by atoms with van der Waals surface area (Å²) in [6, 6.07) is 4.95. The number of ketones is 2. The maximum atomic E-state index is 13.1. The van der Waals surface area contributed by atoms with Crippen LogP contribution in [0.3, 0.4) is 0 Å². The summed E-state index contributed by atoms with van der Waals surface area (Å²) in [5.41, 5.74) is 0.922. The second kappa shape index (κ2) is 6.03. The number of hydrogen-bond acceptors (Lipinski definition) is 4. The summed E-state index contributed by atoms with van der Waals surface area (Å²) in [4.78, 5) is 25.7. The Labute approximate surface area is 147 Å². The van der Waals surface area contributed by atoms with E-state index in [2.05, 4.69) is 6.58 Å². The van der Waals surface area contributed by atoms with E-state index in [1.54, 1.807) is 38.3 Å². The lowest BCUT2D eigenvalue weighted by Gasteiger charge is -2.47. The van der Waals surface area contributed by atoms with Crippen molar-refractivity contribution in [2.75, 3.05) is 7.11 Å². The van der Waals surface area contributed by atoms with Gasteiger partial charge in [-0.3, -0.25) is 9.59 Å². The van der Waals surface area contributed by atoms with Gasteiger partial charge in [0.05, 0.1) is 12.5 Å². The molecule has 1 aromatic carbocycles. The lowest BCUT2D eigenvalue weighted by Crippen LogP contribution is -2.49. The minimum atomic E-state index is -0.960. The summed E-state index contributed by atoms with van der Waals surface area (Å²) >= 11 is 0. The van der Waals surface area contributed by atoms with E-state index >= 15 is 0 Å². The highest BCUT2D eigenvalue weighted by molar-refractivity contribution is 6.13. The molecule has 3 rings (SSSR count). The molecule has 0 saturated carbocycles. The molecule has 1 N–H and O–H groups in total. The van der Waals surface area contributed by atoms with Crippen molar-refractivity contribution in [1.82, 2.24) is 0 Å². The number of benzene rings is 1. The van der Waals surface area contributed by atoms with Crippen LogP contribution in [0, 0.1) is 11.3 Å². The molecule has 0 aliphatic heterocycles. The van der Waals surface area contributed by atoms with Gasteiger partial charge in [0.15, 0.2) is 11.6 Å². The molecule has 2 aliphatic rings. The largest absolute Gasteiger partial charge is 0.508 e. The maximum absolute atomic E-state index is 13.1. The van der Waals surface area contributed by atoms with Gasteiger partial charge in [0.25, 0.3) is 0 Å². The first-order chi connectivity index (χ1) is 11.8. The van der Waals surface area contributed by atoms with Gasteiger partial charge in [0.2, 0.25) is 0 Å². The smallest absolute Gasteiger partial charge is 0.166 e. The fourth-order valence-electron chi connectivity index (χ4n) is 4.26. The second-order valence-electron chi connectivity index (χ2n) is 6.90. The maximum Gasteiger partial charge on any atom is 0.166 e. The summed E-state index contributed by atoms with van der Waals surface area (Å²) < 4.78 is 5.29. The van der Waals surface area contributed by atoms with E-state index in [1.807, 2.05) is 13.0 Å². The molecular weight excluding hydrogens is 316 g/mol. The number of ether oxygens (including phenoxy) is 1. The number of carbonyl (C=O) groups excluding carboxylic acids is 2. The van der Waals surface area contributed by atoms with Crippen molar-refractivity contribution in [1.29, 1.82) is 0 Å². The van der Waals surface area contributed by atoms with Gasteiger partial charge in [-0.25, -0.2) is 0 Å². The summed E-state index contributed by atoms with van der Waals surface area (Å²) in [6.07, 6.45) is 5.59. The Morgan fingerprint density at radius 3 is 2.72 bits per heavy atom. The molecule has 0 amide bonds. The van der Waals surface area contributed by atoms with Crippen LogP contribution in [0.15, 0.2) is 54.2 Å². The summed E-state index contributed by atoms with van der Waals surface area (Å²) in [6.45, 7) is 7.38. The standard InChI is InChI=1S/C21H22O4/c1-5-13-6-8-16-18(23)10-12(2)20(24)21(16,3)19(13)15-11-14(25-4)7-9-17(15)22/h5-7,9-11,16,19,22H,1,8H2,2-4H3/t16-,19+,21+/m0/s1. The van der Waals surface area contributed by atoms with Crippen LogP contribution in [0.2, 0.25) is 0 Å². The van der Waals surface area contributed by atoms with E-state index in [9.17, 15) is 14.7 Å². The van der Waals surface area contributed by atoms with E-state index < -0.39 is 17.3 Å². The number of methoxy groups -OCH3 is 1. The molecule has 25 heavy (non-hydrogen) atoms. The highest BCUT2D eigenvalue weighted by Gasteiger charge is 2.55. The summed E-state index contributed by atoms with van der Waals surface area (Å²) in [5, 5.41) is 10.5. The molecule has 0 heterocycles. The predicted molar refractivity (Wildman–Crippen MR) is 95.7 cm³/mol. The third-order valence-corrected chi connectivity index (χ3v) is 5.58. The monoisotopic (exact) mass is 338 g/mol. The highest BCUT2D eigenvalue weighted by atomic mass is 16.5. The van der Waals surface area contributed by atoms with Gasteiger partial charge in [-0.15, -0.1) is 0 Å². The van der Waals surface area contributed by atoms with Crippen LogP contribution in [0.25, 0.3) is 0 Å². The normalized spacial score (nSPS) is 28.8. The van der Waals surface area contributed by atoms with E-state index in [4.69, 9.17) is 4.74 Å². The molecule has 130 valence electrons. The number of fused-ring (bicyclic) bond motifs is 1. The molecule has 0 unspecified atom stereocenters. The quantitative estimate of drug-likeness (QED) is 0.912. The molecule has 0 radical (unpaired) electrons. The van der Waals surface area contributed by atoms with Crippen LogP contribution in [-0.4, -0.2) is 23.8 Å². The Hall–Kier alpha value is -2.62. The van der Waals surface area contributed by atoms with Crippen molar-refractivity contribution in [3.8, 4) is 11.5 Å². The van der Waals surface area contributed by atoms with Crippen LogP contribution < -0.4 is 4.74 Å². The van der Waals surface area contributed by atoms with Crippen LogP contribution >= 0.6 is 0 Å². The molecule has 2 aliphatic carbocycles. The summed E-state index contributed by atoms with van der Waals surface area (Å²) in [7, 11) is 1.55. The van der Waals surface area contributed by atoms with Gasteiger partial charge in [0, 0.05) is 17.4 Å². The molecule has 3 atom stereocenters. The van der Waals surface area contributed by atoms with Crippen LogP contribution in [0.5, 0.6) is 11.5 Å². The Kier molecular flexibility index (Phi) is 4.15. The van der Waals surface area contributed by atoms with Crippen molar-refractivity contribution in [3.05, 3.63) is 59.7 Å². The lowest BCUT2D eigenvalue weighted by atomic mass is 9.53. The zero-order chi connectivity index (χ0) is 18.4. The molecule has 4 nitrogen and oxygen atoms in total. The Bertz CT molecular complexity index is 830. The van der Waals surface area contributed by atoms with E-state index in [0.717, 1.165) is 5.57 Å². The van der Waals surface area contributed by atoms with Gasteiger partial charge in [-0.2, -0.15) is 0 Å². The number of hydrogen-bond donors (Lipinski definition) is 1. The van der Waals surface area contributed by atoms with Gasteiger partial charge < -0.3 is 9.84 Å². The van der Waals surface area contributed by atoms with Crippen molar-refractivity contribution in [2.45, 2.75) is 26.2 Å². The third-order valence-electron chi connectivity index (χ3n) is 5.58. The first kappa shape index (κ1) is 17.2. The SMILES string of the molecule is C=CC1=CC[C@H]2C(=O)C=C(C)C(=O)[C@@]2(C)[C@H]1c1cc(OC)ccc1O. The average molecular weight is 338 g/mol. The number of rotatable bonds is 3. The number of phenols is 1. The molecule has 0 bridgehead atoms. The first-order valence-electron chi connectivity index (χ1n) is 8.31. The van der Waals surface area contributed by atoms with E-state index in [0.29, 0.717) is 23.3 Å². The zero-order valence-corrected chi connectivity index (χ0v) is 14.7. The Balaban J connectivity index is 2.28. The molecule has 0 aromatic heterocycles. The fraction of sp³-hybridized carbons (Fsp3) is 0.333. The fourth-order valence-corrected chi connectivity index (χ4v) is 4.26. The number of Topliss-reactive ketones (excluding diaryl/α,β-unsaturated/α-hetero) is 1. The summed E-state index contributed by atoms with van der Waals surface area (Å²) in [5.74, 6) is -0.332. The zero-order valence-electron chi connectivity index (χ0n) is 14.7. The molecule has 0 spiro atoms. The molecule has 4 heteroatoms. The van der Waals surface area contributed by atoms with Crippen molar-refractivity contribution in [3.63, 3.8) is 0 Å². The van der Waals surface area contributed by atoms with Gasteiger partial charge in [-0.05, 0) is 48.8 Å². The second-order valence-corrected chi connectivity index (χ2v) is 6.90. The minimum Gasteiger partial charge on any atom is -0.508 e. The van der Waals surface area contributed by atoms with Gasteiger partial charge >= 0.3 is 0 Å². The van der Waals surface area contributed by atoms with Crippen molar-refractivity contribution >= 4 is 11.6 Å². The number of aromatic hydroxyl groups is 1. The van der Waals surface area contributed by atoms with Crippen LogP contribution in [-0.2, 0) is 9.59 Å². The number of carbonyl (C=O) groups is 2. The highest BCUT2D eigenvalue weighted by Crippen LogP contribution is 2.56. The minimum absolute atomic E-state index is 0.0358. The molecular formula is C21H22O4. The number of allylic oxidation sites excluding steroid dienone is 5. The topological polar surface area (TPSA) is 63.6 Å². The van der Waals surface area contributed by atoms with E-state index in [1.165, 1.54) is 6.08 Å². The van der Waals surface area contributed by atoms with Gasteiger partial charge in [-0.1, -0.05) is 25.7 Å².